The molecule has 0 aromatic heterocycles. The van der Waals surface area contributed by atoms with Crippen molar-refractivity contribution < 1.29 is 30.0 Å². The molecule has 0 aromatic carbocycles. The van der Waals surface area contributed by atoms with Gasteiger partial charge in [-0.2, -0.15) is 0 Å². The third kappa shape index (κ3) is 2.35. The molecule has 0 aromatic rings. The topological polar surface area (TPSA) is 107 Å². The third-order valence-corrected chi connectivity index (χ3v) is 2.62. The zero-order valence-corrected chi connectivity index (χ0v) is 8.57. The van der Waals surface area contributed by atoms with Crippen molar-refractivity contribution in [1.82, 2.24) is 0 Å². The van der Waals surface area contributed by atoms with Crippen molar-refractivity contribution in [3.05, 3.63) is 0 Å². The molecule has 88 valence electrons. The highest BCUT2D eigenvalue weighted by atomic mass is 16.5. The van der Waals surface area contributed by atoms with E-state index in [0.717, 1.165) is 6.92 Å². The first-order valence-electron chi connectivity index (χ1n) is 4.74. The number of ether oxygens (including phenoxy) is 1. The van der Waals surface area contributed by atoms with E-state index in [0.29, 0.717) is 0 Å². The van der Waals surface area contributed by atoms with Crippen LogP contribution >= 0.6 is 0 Å². The van der Waals surface area contributed by atoms with Crippen LogP contribution < -0.4 is 0 Å². The molecule has 1 aliphatic rings. The average Bonchev–Trinajstić information content (AvgIpc) is 2.19. The van der Waals surface area contributed by atoms with Crippen molar-refractivity contribution in [2.75, 3.05) is 0 Å². The molecule has 0 radical (unpaired) electrons. The summed E-state index contributed by atoms with van der Waals surface area (Å²) in [6.45, 7) is 2.64. The standard InChI is InChI=1S/C9H16O6/c1-3(10)5(11)9-8(14)7(13)6(12)4(2)15-9/h4-9,11-14H,1-2H3/t4-,5?,6?,7+,8+,9?/m0/s1. The molecule has 1 fully saturated rings. The van der Waals surface area contributed by atoms with Crippen molar-refractivity contribution >= 4 is 5.78 Å². The Morgan fingerprint density at radius 3 is 2.20 bits per heavy atom. The number of rotatable bonds is 2. The van der Waals surface area contributed by atoms with Crippen LogP contribution in [0, 0.1) is 0 Å². The Kier molecular flexibility index (Phi) is 3.80. The molecule has 1 aliphatic heterocycles. The lowest BCUT2D eigenvalue weighted by Crippen LogP contribution is -2.60. The number of Topliss-reactive ketones (excluding diaryl/α,β-unsaturated/α-hetero) is 1. The number of hydrogen-bond acceptors (Lipinski definition) is 6. The van der Waals surface area contributed by atoms with Crippen LogP contribution in [0.15, 0.2) is 0 Å². The second kappa shape index (κ2) is 4.54. The number of ketones is 1. The molecule has 4 N–H and O–H groups in total. The third-order valence-electron chi connectivity index (χ3n) is 2.62. The van der Waals surface area contributed by atoms with Crippen LogP contribution in [0.1, 0.15) is 13.8 Å². The second-order valence-corrected chi connectivity index (χ2v) is 3.83. The highest BCUT2D eigenvalue weighted by molar-refractivity contribution is 5.80. The van der Waals surface area contributed by atoms with Crippen LogP contribution in [-0.2, 0) is 9.53 Å². The van der Waals surface area contributed by atoms with E-state index in [2.05, 4.69) is 0 Å². The summed E-state index contributed by atoms with van der Waals surface area (Å²) < 4.78 is 5.07. The number of carbonyl (C=O) groups excluding carboxylic acids is 1. The fourth-order valence-electron chi connectivity index (χ4n) is 1.58. The zero-order valence-electron chi connectivity index (χ0n) is 8.57. The summed E-state index contributed by atoms with van der Waals surface area (Å²) in [7, 11) is 0. The maximum atomic E-state index is 10.9. The first kappa shape index (κ1) is 12.5. The summed E-state index contributed by atoms with van der Waals surface area (Å²) in [5.41, 5.74) is 0. The van der Waals surface area contributed by atoms with Crippen molar-refractivity contribution in [3.63, 3.8) is 0 Å². The number of aliphatic hydroxyl groups is 4. The molecule has 3 unspecified atom stereocenters. The van der Waals surface area contributed by atoms with E-state index >= 15 is 0 Å². The minimum absolute atomic E-state index is 0.560. The molecule has 1 saturated heterocycles. The van der Waals surface area contributed by atoms with Crippen LogP contribution in [0.4, 0.5) is 0 Å². The lowest BCUT2D eigenvalue weighted by atomic mass is 9.92. The van der Waals surface area contributed by atoms with Crippen LogP contribution in [0.2, 0.25) is 0 Å². The van der Waals surface area contributed by atoms with E-state index in [1.807, 2.05) is 0 Å². The van der Waals surface area contributed by atoms with Gasteiger partial charge in [0, 0.05) is 0 Å². The predicted octanol–water partition coefficient (Wildman–Crippen LogP) is -2.19. The van der Waals surface area contributed by atoms with Crippen LogP contribution in [-0.4, -0.2) is 62.8 Å². The molecule has 6 atom stereocenters. The Morgan fingerprint density at radius 1 is 1.20 bits per heavy atom. The Morgan fingerprint density at radius 2 is 1.73 bits per heavy atom. The zero-order chi connectivity index (χ0) is 11.7. The van der Waals surface area contributed by atoms with E-state index in [1.54, 1.807) is 0 Å². The molecule has 1 heterocycles. The molecule has 0 spiro atoms. The maximum absolute atomic E-state index is 10.9. The van der Waals surface area contributed by atoms with Gasteiger partial charge in [0.05, 0.1) is 6.10 Å². The van der Waals surface area contributed by atoms with Gasteiger partial charge in [0.2, 0.25) is 0 Å². The summed E-state index contributed by atoms with van der Waals surface area (Å²) in [5.74, 6) is -0.560. The van der Waals surface area contributed by atoms with Gasteiger partial charge in [-0.05, 0) is 13.8 Å². The summed E-state index contributed by atoms with van der Waals surface area (Å²) in [4.78, 5) is 10.9. The van der Waals surface area contributed by atoms with Gasteiger partial charge in [-0.15, -0.1) is 0 Å². The van der Waals surface area contributed by atoms with Gasteiger partial charge in [0.25, 0.3) is 0 Å². The molecule has 6 heteroatoms. The van der Waals surface area contributed by atoms with E-state index in [4.69, 9.17) is 4.74 Å². The normalized spacial score (nSPS) is 43.7. The molecular formula is C9H16O6. The molecule has 0 saturated carbocycles. The molecule has 6 nitrogen and oxygen atoms in total. The fourth-order valence-corrected chi connectivity index (χ4v) is 1.58. The Balaban J connectivity index is 2.78. The smallest absolute Gasteiger partial charge is 0.160 e. The van der Waals surface area contributed by atoms with Crippen molar-refractivity contribution in [2.24, 2.45) is 0 Å². The Labute approximate surface area is 87.1 Å². The van der Waals surface area contributed by atoms with E-state index in [1.165, 1.54) is 6.92 Å². The minimum atomic E-state index is -1.50. The predicted molar refractivity (Wildman–Crippen MR) is 49.0 cm³/mol. The van der Waals surface area contributed by atoms with Gasteiger partial charge < -0.3 is 25.2 Å². The van der Waals surface area contributed by atoms with Gasteiger partial charge >= 0.3 is 0 Å². The van der Waals surface area contributed by atoms with E-state index in [9.17, 15) is 25.2 Å². The lowest BCUT2D eigenvalue weighted by molar-refractivity contribution is -0.236. The Bertz CT molecular complexity index is 243. The highest BCUT2D eigenvalue weighted by Crippen LogP contribution is 2.23. The highest BCUT2D eigenvalue weighted by Gasteiger charge is 2.45. The van der Waals surface area contributed by atoms with Crippen LogP contribution in [0.3, 0.4) is 0 Å². The second-order valence-electron chi connectivity index (χ2n) is 3.83. The van der Waals surface area contributed by atoms with Crippen LogP contribution in [0.5, 0.6) is 0 Å². The number of hydrogen-bond donors (Lipinski definition) is 4. The maximum Gasteiger partial charge on any atom is 0.160 e. The molecular weight excluding hydrogens is 204 g/mol. The van der Waals surface area contributed by atoms with Crippen molar-refractivity contribution in [3.8, 4) is 0 Å². The monoisotopic (exact) mass is 220 g/mol. The largest absolute Gasteiger partial charge is 0.388 e. The van der Waals surface area contributed by atoms with Gasteiger partial charge in [-0.3, -0.25) is 4.79 Å². The van der Waals surface area contributed by atoms with Gasteiger partial charge in [-0.25, -0.2) is 0 Å². The fraction of sp³-hybridized carbons (Fsp3) is 0.889. The molecule has 0 aliphatic carbocycles. The summed E-state index contributed by atoms with van der Waals surface area (Å²) in [6, 6.07) is 0. The first-order valence-corrected chi connectivity index (χ1v) is 4.74. The lowest BCUT2D eigenvalue weighted by Gasteiger charge is -2.40. The number of carbonyl (C=O) groups is 1. The van der Waals surface area contributed by atoms with Gasteiger partial charge in [-0.1, -0.05) is 0 Å². The van der Waals surface area contributed by atoms with Crippen molar-refractivity contribution in [2.45, 2.75) is 50.5 Å². The number of aliphatic hydroxyl groups excluding tert-OH is 4. The Hall–Kier alpha value is -0.530. The summed E-state index contributed by atoms with van der Waals surface area (Å²) in [6.07, 6.45) is -7.57. The average molecular weight is 220 g/mol. The van der Waals surface area contributed by atoms with Crippen LogP contribution in [0.25, 0.3) is 0 Å². The van der Waals surface area contributed by atoms with Gasteiger partial charge in [0.15, 0.2) is 5.78 Å². The summed E-state index contributed by atoms with van der Waals surface area (Å²) >= 11 is 0. The van der Waals surface area contributed by atoms with Crippen molar-refractivity contribution in [1.29, 1.82) is 0 Å². The molecule has 1 rings (SSSR count). The van der Waals surface area contributed by atoms with Gasteiger partial charge in [0.1, 0.15) is 30.5 Å². The molecule has 0 bridgehead atoms. The molecule has 0 amide bonds. The molecule has 15 heavy (non-hydrogen) atoms. The summed E-state index contributed by atoms with van der Waals surface area (Å²) in [5, 5.41) is 37.7. The van der Waals surface area contributed by atoms with E-state index in [-0.39, 0.29) is 0 Å². The first-order chi connectivity index (χ1) is 6.86. The van der Waals surface area contributed by atoms with E-state index < -0.39 is 42.4 Å². The minimum Gasteiger partial charge on any atom is -0.388 e. The SMILES string of the molecule is CC(=O)C(O)C1O[C@@H](C)C(O)[C@@H](O)[C@H]1O. The quantitative estimate of drug-likeness (QED) is 0.421.